The second-order valence-corrected chi connectivity index (χ2v) is 5.29. The van der Waals surface area contributed by atoms with Crippen LogP contribution in [0.5, 0.6) is 0 Å². The molecule has 0 aromatic rings. The molecule has 2 heterocycles. The van der Waals surface area contributed by atoms with E-state index < -0.39 is 0 Å². The number of carbonyl (C=O) groups is 2. The molecule has 2 rings (SSSR count). The van der Waals surface area contributed by atoms with Gasteiger partial charge in [0, 0.05) is 59.3 Å². The van der Waals surface area contributed by atoms with Crippen LogP contribution in [0.1, 0.15) is 13.8 Å². The topological polar surface area (TPSA) is 55.9 Å². The number of nitrogens with one attached hydrogen (secondary N) is 1. The van der Waals surface area contributed by atoms with E-state index in [9.17, 15) is 9.59 Å². The van der Waals surface area contributed by atoms with Crippen LogP contribution < -0.4 is 5.32 Å². The number of rotatable bonds is 2. The van der Waals surface area contributed by atoms with Crippen LogP contribution in [0.2, 0.25) is 0 Å². The molecule has 2 aliphatic heterocycles. The van der Waals surface area contributed by atoms with Crippen molar-refractivity contribution in [3.8, 4) is 0 Å². The molecular formula is C13H24N4O2. The fourth-order valence-electron chi connectivity index (χ4n) is 2.73. The molecular weight excluding hydrogens is 244 g/mol. The standard InChI is InChI=1S/C13H24N4O2/c1-11(13(19)17-5-3-14-4-6-17)15-7-9-16(10-8-15)12(2)18/h11,14H,3-10H2,1-2H3. The van der Waals surface area contributed by atoms with Gasteiger partial charge in [0.15, 0.2) is 0 Å². The summed E-state index contributed by atoms with van der Waals surface area (Å²) in [4.78, 5) is 29.6. The SMILES string of the molecule is CC(=O)N1CCN(C(C)C(=O)N2CCNCC2)CC1. The lowest BCUT2D eigenvalue weighted by Crippen LogP contribution is -2.57. The molecule has 2 aliphatic rings. The highest BCUT2D eigenvalue weighted by Crippen LogP contribution is 2.09. The average molecular weight is 268 g/mol. The zero-order chi connectivity index (χ0) is 13.8. The van der Waals surface area contributed by atoms with Crippen molar-refractivity contribution in [1.82, 2.24) is 20.0 Å². The normalized spacial score (nSPS) is 23.3. The van der Waals surface area contributed by atoms with Gasteiger partial charge < -0.3 is 15.1 Å². The molecule has 0 aromatic carbocycles. The zero-order valence-electron chi connectivity index (χ0n) is 11.9. The van der Waals surface area contributed by atoms with Gasteiger partial charge in [-0.25, -0.2) is 0 Å². The van der Waals surface area contributed by atoms with Crippen LogP contribution in [0.15, 0.2) is 0 Å². The lowest BCUT2D eigenvalue weighted by molar-refractivity contribution is -0.138. The molecule has 108 valence electrons. The summed E-state index contributed by atoms with van der Waals surface area (Å²) in [7, 11) is 0. The fraction of sp³-hybridized carbons (Fsp3) is 0.846. The first-order chi connectivity index (χ1) is 9.09. The summed E-state index contributed by atoms with van der Waals surface area (Å²) < 4.78 is 0. The van der Waals surface area contributed by atoms with Gasteiger partial charge in [-0.1, -0.05) is 0 Å². The summed E-state index contributed by atoms with van der Waals surface area (Å²) in [5.74, 6) is 0.346. The molecule has 0 aliphatic carbocycles. The second-order valence-electron chi connectivity index (χ2n) is 5.29. The van der Waals surface area contributed by atoms with Crippen molar-refractivity contribution in [3.05, 3.63) is 0 Å². The fourth-order valence-corrected chi connectivity index (χ4v) is 2.73. The largest absolute Gasteiger partial charge is 0.340 e. The van der Waals surface area contributed by atoms with Gasteiger partial charge in [0.2, 0.25) is 11.8 Å². The number of nitrogens with zero attached hydrogens (tertiary/aromatic N) is 3. The first-order valence-corrected chi connectivity index (χ1v) is 7.08. The van der Waals surface area contributed by atoms with Crippen molar-refractivity contribution in [2.75, 3.05) is 52.4 Å². The maximum Gasteiger partial charge on any atom is 0.239 e. The van der Waals surface area contributed by atoms with Crippen LogP contribution in [0.4, 0.5) is 0 Å². The van der Waals surface area contributed by atoms with E-state index >= 15 is 0 Å². The molecule has 2 saturated heterocycles. The second kappa shape index (κ2) is 6.34. The highest BCUT2D eigenvalue weighted by molar-refractivity contribution is 5.81. The first kappa shape index (κ1) is 14.3. The number of amides is 2. The van der Waals surface area contributed by atoms with Crippen LogP contribution >= 0.6 is 0 Å². The van der Waals surface area contributed by atoms with E-state index in [0.29, 0.717) is 0 Å². The lowest BCUT2D eigenvalue weighted by atomic mass is 10.2. The Morgan fingerprint density at radius 3 is 2.05 bits per heavy atom. The molecule has 0 radical (unpaired) electrons. The highest BCUT2D eigenvalue weighted by Gasteiger charge is 2.29. The Bertz CT molecular complexity index is 334. The third kappa shape index (κ3) is 3.45. The van der Waals surface area contributed by atoms with Crippen molar-refractivity contribution in [3.63, 3.8) is 0 Å². The summed E-state index contributed by atoms with van der Waals surface area (Å²) in [6.07, 6.45) is 0. The summed E-state index contributed by atoms with van der Waals surface area (Å²) in [6.45, 7) is 10.00. The smallest absolute Gasteiger partial charge is 0.239 e. The Morgan fingerprint density at radius 1 is 0.947 bits per heavy atom. The Labute approximate surface area is 114 Å². The van der Waals surface area contributed by atoms with E-state index in [4.69, 9.17) is 0 Å². The molecule has 6 nitrogen and oxygen atoms in total. The van der Waals surface area contributed by atoms with Crippen molar-refractivity contribution >= 4 is 11.8 Å². The highest BCUT2D eigenvalue weighted by atomic mass is 16.2. The van der Waals surface area contributed by atoms with E-state index in [1.165, 1.54) is 0 Å². The number of carbonyl (C=O) groups excluding carboxylic acids is 2. The van der Waals surface area contributed by atoms with Gasteiger partial charge in [-0.05, 0) is 6.92 Å². The van der Waals surface area contributed by atoms with Crippen molar-refractivity contribution < 1.29 is 9.59 Å². The Hall–Kier alpha value is -1.14. The molecule has 1 atom stereocenters. The molecule has 2 fully saturated rings. The monoisotopic (exact) mass is 268 g/mol. The van der Waals surface area contributed by atoms with E-state index in [0.717, 1.165) is 52.4 Å². The molecule has 19 heavy (non-hydrogen) atoms. The van der Waals surface area contributed by atoms with E-state index in [2.05, 4.69) is 10.2 Å². The minimum atomic E-state index is -0.0767. The molecule has 1 N–H and O–H groups in total. The predicted octanol–water partition coefficient (Wildman–Crippen LogP) is -1.03. The van der Waals surface area contributed by atoms with Gasteiger partial charge >= 0.3 is 0 Å². The summed E-state index contributed by atoms with van der Waals surface area (Å²) in [6, 6.07) is -0.0767. The van der Waals surface area contributed by atoms with E-state index in [-0.39, 0.29) is 17.9 Å². The minimum Gasteiger partial charge on any atom is -0.340 e. The molecule has 2 amide bonds. The number of piperazine rings is 2. The van der Waals surface area contributed by atoms with Gasteiger partial charge in [0.25, 0.3) is 0 Å². The molecule has 6 heteroatoms. The quantitative estimate of drug-likeness (QED) is 0.696. The zero-order valence-corrected chi connectivity index (χ0v) is 11.9. The first-order valence-electron chi connectivity index (χ1n) is 7.08. The number of hydrogen-bond acceptors (Lipinski definition) is 4. The van der Waals surface area contributed by atoms with Gasteiger partial charge in [0.1, 0.15) is 0 Å². The van der Waals surface area contributed by atoms with Gasteiger partial charge in [-0.3, -0.25) is 14.5 Å². The maximum atomic E-state index is 12.4. The molecule has 1 unspecified atom stereocenters. The van der Waals surface area contributed by atoms with Gasteiger partial charge in [0.05, 0.1) is 6.04 Å². The molecule has 0 bridgehead atoms. The lowest BCUT2D eigenvalue weighted by Gasteiger charge is -2.39. The van der Waals surface area contributed by atoms with Crippen LogP contribution in [0.3, 0.4) is 0 Å². The predicted molar refractivity (Wildman–Crippen MR) is 72.7 cm³/mol. The van der Waals surface area contributed by atoms with Crippen LogP contribution in [0.25, 0.3) is 0 Å². The third-order valence-electron chi connectivity index (χ3n) is 4.09. The molecule has 0 spiro atoms. The maximum absolute atomic E-state index is 12.4. The van der Waals surface area contributed by atoms with Crippen LogP contribution in [0, 0.1) is 0 Å². The van der Waals surface area contributed by atoms with Gasteiger partial charge in [-0.15, -0.1) is 0 Å². The Morgan fingerprint density at radius 2 is 1.53 bits per heavy atom. The van der Waals surface area contributed by atoms with E-state index in [1.807, 2.05) is 16.7 Å². The molecule has 0 aromatic heterocycles. The Balaban J connectivity index is 1.84. The van der Waals surface area contributed by atoms with Crippen LogP contribution in [-0.4, -0.2) is 84.9 Å². The summed E-state index contributed by atoms with van der Waals surface area (Å²) >= 11 is 0. The summed E-state index contributed by atoms with van der Waals surface area (Å²) in [5.41, 5.74) is 0. The van der Waals surface area contributed by atoms with Crippen molar-refractivity contribution in [2.24, 2.45) is 0 Å². The molecule has 0 saturated carbocycles. The van der Waals surface area contributed by atoms with Crippen molar-refractivity contribution in [2.45, 2.75) is 19.9 Å². The Kier molecular flexibility index (Phi) is 4.76. The third-order valence-corrected chi connectivity index (χ3v) is 4.09. The van der Waals surface area contributed by atoms with Crippen molar-refractivity contribution in [1.29, 1.82) is 0 Å². The number of hydrogen-bond donors (Lipinski definition) is 1. The van der Waals surface area contributed by atoms with Crippen LogP contribution in [-0.2, 0) is 9.59 Å². The van der Waals surface area contributed by atoms with Gasteiger partial charge in [-0.2, -0.15) is 0 Å². The van der Waals surface area contributed by atoms with E-state index in [1.54, 1.807) is 6.92 Å². The minimum absolute atomic E-state index is 0.0767. The average Bonchev–Trinajstić information content (AvgIpc) is 2.46. The summed E-state index contributed by atoms with van der Waals surface area (Å²) in [5, 5.41) is 3.25.